The van der Waals surface area contributed by atoms with Crippen LogP contribution in [0, 0.1) is 0 Å². The van der Waals surface area contributed by atoms with E-state index < -0.39 is 10.0 Å². The zero-order valence-corrected chi connectivity index (χ0v) is 11.1. The zero-order valence-electron chi connectivity index (χ0n) is 10.3. The topological polar surface area (TPSA) is 98.4 Å². The molecule has 0 aliphatic carbocycles. The van der Waals surface area contributed by atoms with E-state index in [2.05, 4.69) is 9.97 Å². The van der Waals surface area contributed by atoms with Crippen LogP contribution in [0.25, 0.3) is 0 Å². The lowest BCUT2D eigenvalue weighted by atomic mass is 10.2. The smallest absolute Gasteiger partial charge is 0.246 e. The Hall–Kier alpha value is -1.25. The molecule has 1 fully saturated rings. The number of rotatable bonds is 3. The fraction of sp³-hybridized carbons (Fsp3) is 0.600. The standard InChI is InChI=1S/C10H16N4O3S/c1-7-9(3-4-17-7)14(2)18(15,16)8-5-12-10(11)13-6-8/h5-7,9H,3-4H2,1-2H3,(H2,11,12,13). The lowest BCUT2D eigenvalue weighted by Gasteiger charge is -2.25. The Morgan fingerprint density at radius 2 is 2.06 bits per heavy atom. The first-order chi connectivity index (χ1) is 8.43. The summed E-state index contributed by atoms with van der Waals surface area (Å²) >= 11 is 0. The van der Waals surface area contributed by atoms with E-state index in [-0.39, 0.29) is 23.0 Å². The predicted octanol–water partition coefficient (Wildman–Crippen LogP) is -0.143. The highest BCUT2D eigenvalue weighted by molar-refractivity contribution is 7.89. The van der Waals surface area contributed by atoms with Crippen molar-refractivity contribution in [2.24, 2.45) is 0 Å². The molecule has 2 unspecified atom stereocenters. The number of nitrogens with zero attached hydrogens (tertiary/aromatic N) is 3. The third-order valence-corrected chi connectivity index (χ3v) is 4.96. The predicted molar refractivity (Wildman–Crippen MR) is 65.2 cm³/mol. The van der Waals surface area contributed by atoms with Crippen molar-refractivity contribution in [1.29, 1.82) is 0 Å². The van der Waals surface area contributed by atoms with Crippen molar-refractivity contribution in [2.75, 3.05) is 19.4 Å². The van der Waals surface area contributed by atoms with E-state index in [1.165, 1.54) is 16.7 Å². The molecule has 0 amide bonds. The molecule has 8 heteroatoms. The number of ether oxygens (including phenoxy) is 1. The molecule has 0 aromatic carbocycles. The molecule has 1 aliphatic heterocycles. The van der Waals surface area contributed by atoms with Crippen molar-refractivity contribution in [2.45, 2.75) is 30.4 Å². The molecule has 1 aliphatic rings. The van der Waals surface area contributed by atoms with Gasteiger partial charge in [-0.15, -0.1) is 0 Å². The van der Waals surface area contributed by atoms with Crippen molar-refractivity contribution >= 4 is 16.0 Å². The Bertz CT molecular complexity index is 516. The molecule has 100 valence electrons. The van der Waals surface area contributed by atoms with Crippen LogP contribution in [0.3, 0.4) is 0 Å². The van der Waals surface area contributed by atoms with Crippen LogP contribution in [0.4, 0.5) is 5.95 Å². The molecule has 1 aromatic rings. The van der Waals surface area contributed by atoms with Gasteiger partial charge in [0.2, 0.25) is 16.0 Å². The quantitative estimate of drug-likeness (QED) is 0.822. The maximum atomic E-state index is 12.3. The van der Waals surface area contributed by atoms with Crippen LogP contribution >= 0.6 is 0 Å². The minimum atomic E-state index is -3.60. The minimum Gasteiger partial charge on any atom is -0.377 e. The summed E-state index contributed by atoms with van der Waals surface area (Å²) in [5, 5.41) is 0. The van der Waals surface area contributed by atoms with Gasteiger partial charge in [-0.25, -0.2) is 18.4 Å². The Morgan fingerprint density at radius 1 is 1.44 bits per heavy atom. The molecule has 0 bridgehead atoms. The number of nitrogens with two attached hydrogens (primary N) is 1. The highest BCUT2D eigenvalue weighted by Gasteiger charge is 2.35. The maximum absolute atomic E-state index is 12.3. The highest BCUT2D eigenvalue weighted by atomic mass is 32.2. The molecule has 2 N–H and O–H groups in total. The Kier molecular flexibility index (Phi) is 3.51. The average Bonchev–Trinajstić information content (AvgIpc) is 2.75. The van der Waals surface area contributed by atoms with Crippen molar-refractivity contribution in [3.8, 4) is 0 Å². The normalized spacial score (nSPS) is 24.6. The lowest BCUT2D eigenvalue weighted by Crippen LogP contribution is -2.41. The van der Waals surface area contributed by atoms with Crippen molar-refractivity contribution in [3.63, 3.8) is 0 Å². The molecule has 2 heterocycles. The first-order valence-corrected chi connectivity index (χ1v) is 7.04. The number of hydrogen-bond donors (Lipinski definition) is 1. The first kappa shape index (κ1) is 13.2. The summed E-state index contributed by atoms with van der Waals surface area (Å²) in [5.74, 6) is 0.0502. The van der Waals surface area contributed by atoms with E-state index in [1.54, 1.807) is 7.05 Å². The van der Waals surface area contributed by atoms with Gasteiger partial charge >= 0.3 is 0 Å². The van der Waals surface area contributed by atoms with Gasteiger partial charge in [-0.2, -0.15) is 4.31 Å². The van der Waals surface area contributed by atoms with Crippen LogP contribution in [0.1, 0.15) is 13.3 Å². The van der Waals surface area contributed by atoms with Gasteiger partial charge in [-0.3, -0.25) is 0 Å². The van der Waals surface area contributed by atoms with E-state index in [0.29, 0.717) is 13.0 Å². The van der Waals surface area contributed by atoms with E-state index in [0.717, 1.165) is 0 Å². The molecule has 7 nitrogen and oxygen atoms in total. The van der Waals surface area contributed by atoms with Gasteiger partial charge in [-0.05, 0) is 13.3 Å². The van der Waals surface area contributed by atoms with Crippen LogP contribution in [0.15, 0.2) is 17.3 Å². The summed E-state index contributed by atoms with van der Waals surface area (Å²) in [5.41, 5.74) is 5.34. The number of likely N-dealkylation sites (N-methyl/N-ethyl adjacent to an activating group) is 1. The van der Waals surface area contributed by atoms with Gasteiger partial charge in [-0.1, -0.05) is 0 Å². The second-order valence-electron chi connectivity index (χ2n) is 4.23. The monoisotopic (exact) mass is 272 g/mol. The fourth-order valence-electron chi connectivity index (χ4n) is 2.00. The van der Waals surface area contributed by atoms with Gasteiger partial charge in [0, 0.05) is 13.7 Å². The molecule has 2 atom stereocenters. The summed E-state index contributed by atoms with van der Waals surface area (Å²) in [7, 11) is -2.06. The van der Waals surface area contributed by atoms with Crippen molar-refractivity contribution in [1.82, 2.24) is 14.3 Å². The highest BCUT2D eigenvalue weighted by Crippen LogP contribution is 2.24. The maximum Gasteiger partial charge on any atom is 0.246 e. The van der Waals surface area contributed by atoms with Crippen LogP contribution in [0.2, 0.25) is 0 Å². The number of aromatic nitrogens is 2. The zero-order chi connectivity index (χ0) is 13.3. The molecule has 0 spiro atoms. The summed E-state index contributed by atoms with van der Waals surface area (Å²) in [6.45, 7) is 2.44. The number of hydrogen-bond acceptors (Lipinski definition) is 6. The minimum absolute atomic E-state index is 0.0401. The van der Waals surface area contributed by atoms with Crippen LogP contribution in [-0.2, 0) is 14.8 Å². The fourth-order valence-corrected chi connectivity index (χ4v) is 3.34. The van der Waals surface area contributed by atoms with Crippen LogP contribution in [-0.4, -0.2) is 48.5 Å². The van der Waals surface area contributed by atoms with Gasteiger partial charge in [0.1, 0.15) is 4.90 Å². The van der Waals surface area contributed by atoms with Crippen LogP contribution in [0.5, 0.6) is 0 Å². The Morgan fingerprint density at radius 3 is 2.56 bits per heavy atom. The molecular formula is C10H16N4O3S. The Balaban J connectivity index is 2.28. The van der Waals surface area contributed by atoms with Crippen molar-refractivity contribution < 1.29 is 13.2 Å². The third-order valence-electron chi connectivity index (χ3n) is 3.13. The number of nitrogen functional groups attached to an aromatic ring is 1. The largest absolute Gasteiger partial charge is 0.377 e. The third kappa shape index (κ3) is 2.31. The van der Waals surface area contributed by atoms with Crippen LogP contribution < -0.4 is 5.73 Å². The molecule has 1 aromatic heterocycles. The number of anilines is 1. The van der Waals surface area contributed by atoms with Gasteiger partial charge in [0.05, 0.1) is 24.5 Å². The molecule has 18 heavy (non-hydrogen) atoms. The van der Waals surface area contributed by atoms with E-state index in [1.807, 2.05) is 6.92 Å². The average molecular weight is 272 g/mol. The van der Waals surface area contributed by atoms with Crippen molar-refractivity contribution in [3.05, 3.63) is 12.4 Å². The summed E-state index contributed by atoms with van der Waals surface area (Å²) in [6, 6.07) is -0.160. The van der Waals surface area contributed by atoms with Gasteiger partial charge < -0.3 is 10.5 Å². The Labute approximate surface area is 106 Å². The van der Waals surface area contributed by atoms with E-state index >= 15 is 0 Å². The number of sulfonamides is 1. The summed E-state index contributed by atoms with van der Waals surface area (Å²) in [4.78, 5) is 7.45. The molecule has 1 saturated heterocycles. The lowest BCUT2D eigenvalue weighted by molar-refractivity contribution is 0.102. The van der Waals surface area contributed by atoms with Gasteiger partial charge in [0.25, 0.3) is 0 Å². The molecular weight excluding hydrogens is 256 g/mol. The summed E-state index contributed by atoms with van der Waals surface area (Å²) < 4.78 is 31.3. The molecule has 0 radical (unpaired) electrons. The molecule has 2 rings (SSSR count). The SMILES string of the molecule is CC1OCCC1N(C)S(=O)(=O)c1cnc(N)nc1. The van der Waals surface area contributed by atoms with Gasteiger partial charge in [0.15, 0.2) is 0 Å². The second kappa shape index (κ2) is 4.79. The second-order valence-corrected chi connectivity index (χ2v) is 6.23. The van der Waals surface area contributed by atoms with E-state index in [4.69, 9.17) is 10.5 Å². The van der Waals surface area contributed by atoms with E-state index in [9.17, 15) is 8.42 Å². The molecule has 0 saturated carbocycles. The summed E-state index contributed by atoms with van der Waals surface area (Å²) in [6.07, 6.45) is 3.01. The first-order valence-electron chi connectivity index (χ1n) is 5.60.